The molecule has 0 saturated heterocycles. The molecule has 8 rings (SSSR count). The smallest absolute Gasteiger partial charge is 0.111 e. The quantitative estimate of drug-likeness (QED) is 0.0924. The standard InChI is InChI=1S/C52H53ClO4/c1-2-38-23-25-39(26-24-38)31-45-32-44(27-28-47(45)53)48-50(56-35-42-19-11-5-12-20-42)51(57-36-43-21-13-6-14-22-43)49(55-34-41-17-9-4-10-18-41)46(52(48)29-30-52)37-54-33-40-15-7-3-8-16-40/h3-28,32,46,48-51H,2,29-31,33-37H2,1H3/t46?,48-,49?,50-,51-/m0/s1. The number of hydrogen-bond acceptors (Lipinski definition) is 4. The zero-order valence-corrected chi connectivity index (χ0v) is 33.6. The Kier molecular flexibility index (Phi) is 13.0. The summed E-state index contributed by atoms with van der Waals surface area (Å²) in [5.74, 6) is 0.0651. The van der Waals surface area contributed by atoms with Crippen LogP contribution in [0.3, 0.4) is 0 Å². The molecule has 4 nitrogen and oxygen atoms in total. The van der Waals surface area contributed by atoms with E-state index in [-0.39, 0.29) is 35.6 Å². The van der Waals surface area contributed by atoms with Crippen LogP contribution in [0.4, 0.5) is 0 Å². The summed E-state index contributed by atoms with van der Waals surface area (Å²) < 4.78 is 28.3. The molecule has 6 aromatic carbocycles. The molecule has 0 N–H and O–H groups in total. The third-order valence-corrected chi connectivity index (χ3v) is 12.4. The Morgan fingerprint density at radius 1 is 0.509 bits per heavy atom. The van der Waals surface area contributed by atoms with Crippen LogP contribution < -0.4 is 0 Å². The van der Waals surface area contributed by atoms with Crippen molar-refractivity contribution in [2.45, 2.75) is 83.3 Å². The monoisotopic (exact) mass is 776 g/mol. The van der Waals surface area contributed by atoms with Crippen molar-refractivity contribution in [1.29, 1.82) is 0 Å². The molecule has 292 valence electrons. The fourth-order valence-corrected chi connectivity index (χ4v) is 9.09. The van der Waals surface area contributed by atoms with Crippen molar-refractivity contribution in [3.63, 3.8) is 0 Å². The Hall–Kier alpha value is -4.55. The molecule has 2 aliphatic rings. The van der Waals surface area contributed by atoms with Crippen molar-refractivity contribution in [2.75, 3.05) is 6.61 Å². The molecule has 2 saturated carbocycles. The average molecular weight is 777 g/mol. The topological polar surface area (TPSA) is 36.9 Å². The number of hydrogen-bond donors (Lipinski definition) is 0. The highest BCUT2D eigenvalue weighted by Crippen LogP contribution is 2.67. The van der Waals surface area contributed by atoms with Gasteiger partial charge < -0.3 is 18.9 Å². The molecule has 0 bridgehead atoms. The van der Waals surface area contributed by atoms with E-state index in [1.54, 1.807) is 0 Å². The van der Waals surface area contributed by atoms with Gasteiger partial charge in [-0.05, 0) is 81.7 Å². The van der Waals surface area contributed by atoms with Gasteiger partial charge in [-0.2, -0.15) is 0 Å². The molecule has 2 fully saturated rings. The summed E-state index contributed by atoms with van der Waals surface area (Å²) in [6.07, 6.45) is 2.90. The van der Waals surface area contributed by atoms with Crippen LogP contribution >= 0.6 is 11.6 Å². The zero-order chi connectivity index (χ0) is 38.9. The maximum Gasteiger partial charge on any atom is 0.111 e. The fourth-order valence-electron chi connectivity index (χ4n) is 8.91. The predicted octanol–water partition coefficient (Wildman–Crippen LogP) is 12.0. The molecule has 1 spiro atoms. The Morgan fingerprint density at radius 2 is 0.982 bits per heavy atom. The van der Waals surface area contributed by atoms with Crippen LogP contribution in [0.15, 0.2) is 164 Å². The van der Waals surface area contributed by atoms with Crippen LogP contribution in [0.25, 0.3) is 0 Å². The van der Waals surface area contributed by atoms with Gasteiger partial charge in [-0.3, -0.25) is 0 Å². The van der Waals surface area contributed by atoms with E-state index in [1.807, 2.05) is 18.2 Å². The van der Waals surface area contributed by atoms with Gasteiger partial charge in [0.25, 0.3) is 0 Å². The summed E-state index contributed by atoms with van der Waals surface area (Å²) in [7, 11) is 0. The highest BCUT2D eigenvalue weighted by atomic mass is 35.5. The van der Waals surface area contributed by atoms with Crippen LogP contribution in [-0.4, -0.2) is 24.9 Å². The first-order chi connectivity index (χ1) is 28.1. The normalized spacial score (nSPS) is 21.1. The second-order valence-corrected chi connectivity index (χ2v) is 16.2. The number of aryl methyl sites for hydroxylation is 1. The minimum Gasteiger partial charge on any atom is -0.376 e. The lowest BCUT2D eigenvalue weighted by atomic mass is 9.62. The fraction of sp³-hybridized carbons (Fsp3) is 0.308. The lowest BCUT2D eigenvalue weighted by Crippen LogP contribution is -2.59. The molecule has 0 radical (unpaired) electrons. The maximum atomic E-state index is 7.25. The van der Waals surface area contributed by atoms with Crippen molar-refractivity contribution in [3.8, 4) is 0 Å². The van der Waals surface area contributed by atoms with E-state index in [9.17, 15) is 0 Å². The van der Waals surface area contributed by atoms with Crippen molar-refractivity contribution in [1.82, 2.24) is 0 Å². The van der Waals surface area contributed by atoms with Crippen molar-refractivity contribution < 1.29 is 18.9 Å². The highest BCUT2D eigenvalue weighted by Gasteiger charge is 2.66. The number of ether oxygens (including phenoxy) is 4. The van der Waals surface area contributed by atoms with Gasteiger partial charge in [0.2, 0.25) is 0 Å². The van der Waals surface area contributed by atoms with Crippen LogP contribution in [0.5, 0.6) is 0 Å². The summed E-state index contributed by atoms with van der Waals surface area (Å²) in [6.45, 7) is 4.66. The second-order valence-electron chi connectivity index (χ2n) is 15.8. The van der Waals surface area contributed by atoms with Crippen molar-refractivity contribution >= 4 is 11.6 Å². The van der Waals surface area contributed by atoms with E-state index in [1.165, 1.54) is 16.7 Å². The second kappa shape index (κ2) is 18.8. The number of rotatable bonds is 17. The maximum absolute atomic E-state index is 7.25. The SMILES string of the molecule is CCc1ccc(Cc2cc([C@H]3[C@H](OCc4ccccc4)[C@@H](OCc4ccccc4)C(OCc4ccccc4)C(COCc4ccccc4)C34CC4)ccc2Cl)cc1. The molecule has 2 aliphatic carbocycles. The van der Waals surface area contributed by atoms with Gasteiger partial charge in [-0.15, -0.1) is 0 Å². The van der Waals surface area contributed by atoms with Crippen LogP contribution in [0.2, 0.25) is 5.02 Å². The van der Waals surface area contributed by atoms with Gasteiger partial charge in [0.1, 0.15) is 6.10 Å². The van der Waals surface area contributed by atoms with Crippen LogP contribution in [0.1, 0.15) is 70.2 Å². The first kappa shape index (κ1) is 39.3. The zero-order valence-electron chi connectivity index (χ0n) is 32.9. The van der Waals surface area contributed by atoms with E-state index < -0.39 is 0 Å². The third-order valence-electron chi connectivity index (χ3n) is 12.1. The molecule has 0 aromatic heterocycles. The Morgan fingerprint density at radius 3 is 1.49 bits per heavy atom. The summed E-state index contributed by atoms with van der Waals surface area (Å²) >= 11 is 7.04. The summed E-state index contributed by atoms with van der Waals surface area (Å²) in [5, 5.41) is 0.782. The number of benzene rings is 6. The first-order valence-electron chi connectivity index (χ1n) is 20.5. The summed E-state index contributed by atoms with van der Waals surface area (Å²) in [4.78, 5) is 0. The molecule has 5 heteroatoms. The Labute approximate surface area is 343 Å². The molecule has 57 heavy (non-hydrogen) atoms. The van der Waals surface area contributed by atoms with Crippen LogP contribution in [0, 0.1) is 11.3 Å². The lowest BCUT2D eigenvalue weighted by Gasteiger charge is -2.52. The molecule has 5 atom stereocenters. The average Bonchev–Trinajstić information content (AvgIpc) is 4.06. The predicted molar refractivity (Wildman–Crippen MR) is 229 cm³/mol. The molecular weight excluding hydrogens is 724 g/mol. The van der Waals surface area contributed by atoms with Crippen molar-refractivity contribution in [2.24, 2.45) is 11.3 Å². The minimum atomic E-state index is -0.389. The van der Waals surface area contributed by atoms with E-state index in [4.69, 9.17) is 30.5 Å². The van der Waals surface area contributed by atoms with Gasteiger partial charge in [-0.1, -0.05) is 176 Å². The first-order valence-corrected chi connectivity index (χ1v) is 20.9. The summed E-state index contributed by atoms with van der Waals surface area (Å²) in [5.41, 5.74) is 9.35. The molecule has 0 amide bonds. The molecule has 0 aliphatic heterocycles. The minimum absolute atomic E-state index is 0.0161. The van der Waals surface area contributed by atoms with Crippen LogP contribution in [-0.2, 0) is 58.2 Å². The van der Waals surface area contributed by atoms with Crippen molar-refractivity contribution in [3.05, 3.63) is 213 Å². The molecule has 2 unspecified atom stereocenters. The molecule has 6 aromatic rings. The van der Waals surface area contributed by atoms with E-state index in [0.29, 0.717) is 33.0 Å². The van der Waals surface area contributed by atoms with Gasteiger partial charge in [-0.25, -0.2) is 0 Å². The van der Waals surface area contributed by atoms with E-state index in [2.05, 4.69) is 153 Å². The highest BCUT2D eigenvalue weighted by molar-refractivity contribution is 6.31. The van der Waals surface area contributed by atoms with Gasteiger partial charge in [0, 0.05) is 16.9 Å². The molecule has 0 heterocycles. The largest absolute Gasteiger partial charge is 0.376 e. The molecular formula is C52H53ClO4. The third kappa shape index (κ3) is 9.60. The Bertz CT molecular complexity index is 2120. The Balaban J connectivity index is 1.21. The van der Waals surface area contributed by atoms with E-state index >= 15 is 0 Å². The van der Waals surface area contributed by atoms with Gasteiger partial charge >= 0.3 is 0 Å². The number of halogens is 1. The summed E-state index contributed by atoms with van der Waals surface area (Å²) in [6, 6.07) is 57.4. The van der Waals surface area contributed by atoms with E-state index in [0.717, 1.165) is 58.5 Å². The van der Waals surface area contributed by atoms with Gasteiger partial charge in [0.05, 0.1) is 45.2 Å². The van der Waals surface area contributed by atoms with Gasteiger partial charge in [0.15, 0.2) is 0 Å². The lowest BCUT2D eigenvalue weighted by molar-refractivity contribution is -0.221.